The van der Waals surface area contributed by atoms with Crippen molar-refractivity contribution in [3.63, 3.8) is 0 Å². The number of methoxy groups -OCH3 is 1. The van der Waals surface area contributed by atoms with E-state index in [0.717, 1.165) is 21.0 Å². The molecule has 0 spiro atoms. The van der Waals surface area contributed by atoms with Gasteiger partial charge in [-0.05, 0) is 83.0 Å². The number of ether oxygens (including phenoxy) is 1. The summed E-state index contributed by atoms with van der Waals surface area (Å²) >= 11 is 6.37. The van der Waals surface area contributed by atoms with Crippen molar-refractivity contribution in [3.8, 4) is 5.75 Å². The molecule has 0 aliphatic heterocycles. The Bertz CT molecular complexity index is 1500. The summed E-state index contributed by atoms with van der Waals surface area (Å²) in [6.45, 7) is 10.5. The first kappa shape index (κ1) is 32.0. The topological polar surface area (TPSA) is 96.0 Å². The van der Waals surface area contributed by atoms with Gasteiger partial charge in [0.25, 0.3) is 10.0 Å². The normalized spacial score (nSPS) is 12.4. The molecule has 0 aromatic heterocycles. The van der Waals surface area contributed by atoms with Crippen LogP contribution in [0.5, 0.6) is 5.75 Å². The van der Waals surface area contributed by atoms with Crippen molar-refractivity contribution in [2.45, 2.75) is 64.6 Å². The third-order valence-electron chi connectivity index (χ3n) is 6.58. The van der Waals surface area contributed by atoms with Gasteiger partial charge in [-0.1, -0.05) is 53.6 Å². The van der Waals surface area contributed by atoms with Gasteiger partial charge in [-0.2, -0.15) is 0 Å². The van der Waals surface area contributed by atoms with E-state index in [1.54, 1.807) is 25.1 Å². The Morgan fingerprint density at radius 1 is 1.00 bits per heavy atom. The maximum Gasteiger partial charge on any atom is 0.264 e. The number of sulfonamides is 1. The van der Waals surface area contributed by atoms with E-state index in [9.17, 15) is 18.0 Å². The number of anilines is 1. The maximum absolute atomic E-state index is 14.1. The summed E-state index contributed by atoms with van der Waals surface area (Å²) in [5, 5.41) is 3.12. The molecule has 3 aromatic carbocycles. The zero-order valence-electron chi connectivity index (χ0n) is 24.6. The smallest absolute Gasteiger partial charge is 0.264 e. The van der Waals surface area contributed by atoms with E-state index < -0.39 is 34.1 Å². The number of carbonyl (C=O) groups is 2. The largest absolute Gasteiger partial charge is 0.495 e. The van der Waals surface area contributed by atoms with Crippen LogP contribution in [0.15, 0.2) is 71.6 Å². The van der Waals surface area contributed by atoms with Gasteiger partial charge in [0.15, 0.2) is 0 Å². The van der Waals surface area contributed by atoms with Crippen LogP contribution in [0.2, 0.25) is 5.02 Å². The van der Waals surface area contributed by atoms with Crippen molar-refractivity contribution in [2.75, 3.05) is 18.0 Å². The molecule has 41 heavy (non-hydrogen) atoms. The molecule has 0 radical (unpaired) electrons. The molecule has 0 fully saturated rings. The van der Waals surface area contributed by atoms with Crippen LogP contribution in [0.25, 0.3) is 0 Å². The minimum absolute atomic E-state index is 0.0202. The van der Waals surface area contributed by atoms with E-state index in [2.05, 4.69) is 5.32 Å². The van der Waals surface area contributed by atoms with Gasteiger partial charge in [0.1, 0.15) is 18.3 Å². The van der Waals surface area contributed by atoms with Crippen molar-refractivity contribution in [3.05, 3.63) is 88.4 Å². The van der Waals surface area contributed by atoms with Crippen molar-refractivity contribution < 1.29 is 22.7 Å². The number of carbonyl (C=O) groups excluding carboxylic acids is 2. The van der Waals surface area contributed by atoms with E-state index in [1.807, 2.05) is 58.9 Å². The number of benzene rings is 3. The minimum atomic E-state index is -4.21. The molecule has 1 N–H and O–H groups in total. The number of nitrogens with one attached hydrogen (secondary N) is 1. The van der Waals surface area contributed by atoms with Gasteiger partial charge in [0, 0.05) is 12.1 Å². The maximum atomic E-state index is 14.1. The second-order valence-corrected chi connectivity index (χ2v) is 13.3. The quantitative estimate of drug-likeness (QED) is 0.332. The Kier molecular flexibility index (Phi) is 10.1. The summed E-state index contributed by atoms with van der Waals surface area (Å²) < 4.78 is 34.2. The number of aryl methyl sites for hydroxylation is 2. The first-order valence-electron chi connectivity index (χ1n) is 13.2. The average Bonchev–Trinajstić information content (AvgIpc) is 2.90. The number of nitrogens with zero attached hydrogens (tertiary/aromatic N) is 2. The highest BCUT2D eigenvalue weighted by atomic mass is 35.5. The third kappa shape index (κ3) is 8.01. The fraction of sp³-hybridized carbons (Fsp3) is 0.355. The van der Waals surface area contributed by atoms with Crippen LogP contribution in [0.3, 0.4) is 0 Å². The highest BCUT2D eigenvalue weighted by molar-refractivity contribution is 7.92. The summed E-state index contributed by atoms with van der Waals surface area (Å²) in [7, 11) is -2.75. The van der Waals surface area contributed by atoms with Crippen LogP contribution < -0.4 is 14.4 Å². The number of halogens is 1. The molecule has 0 aliphatic rings. The highest BCUT2D eigenvalue weighted by Crippen LogP contribution is 2.32. The van der Waals surface area contributed by atoms with Gasteiger partial charge in [-0.15, -0.1) is 0 Å². The second kappa shape index (κ2) is 13.0. The van der Waals surface area contributed by atoms with Gasteiger partial charge in [0.05, 0.1) is 22.7 Å². The predicted octanol–water partition coefficient (Wildman–Crippen LogP) is 5.49. The fourth-order valence-electron chi connectivity index (χ4n) is 4.20. The molecule has 3 aromatic rings. The summed E-state index contributed by atoms with van der Waals surface area (Å²) in [6, 6.07) is 17.6. The Morgan fingerprint density at radius 2 is 1.63 bits per heavy atom. The summed E-state index contributed by atoms with van der Waals surface area (Å²) in [5.74, 6) is -0.532. The molecule has 0 heterocycles. The third-order valence-corrected chi connectivity index (χ3v) is 8.66. The van der Waals surface area contributed by atoms with Gasteiger partial charge in [-0.3, -0.25) is 13.9 Å². The molecule has 0 bridgehead atoms. The van der Waals surface area contributed by atoms with Crippen LogP contribution in [-0.2, 0) is 26.2 Å². The Morgan fingerprint density at radius 3 is 2.20 bits per heavy atom. The van der Waals surface area contributed by atoms with Crippen LogP contribution in [-0.4, -0.2) is 50.4 Å². The lowest BCUT2D eigenvalue weighted by Crippen LogP contribution is -2.54. The molecule has 8 nitrogen and oxygen atoms in total. The van der Waals surface area contributed by atoms with Crippen molar-refractivity contribution >= 4 is 39.1 Å². The van der Waals surface area contributed by atoms with Crippen molar-refractivity contribution in [1.82, 2.24) is 10.2 Å². The zero-order chi connectivity index (χ0) is 30.5. The van der Waals surface area contributed by atoms with E-state index in [4.69, 9.17) is 16.3 Å². The molecule has 0 saturated carbocycles. The highest BCUT2D eigenvalue weighted by Gasteiger charge is 2.33. The second-order valence-electron chi connectivity index (χ2n) is 11.0. The number of rotatable bonds is 10. The van der Waals surface area contributed by atoms with Gasteiger partial charge in [0.2, 0.25) is 11.8 Å². The fourth-order valence-corrected chi connectivity index (χ4v) is 5.86. The van der Waals surface area contributed by atoms with Crippen LogP contribution in [0.1, 0.15) is 44.4 Å². The first-order valence-corrected chi connectivity index (χ1v) is 15.0. The van der Waals surface area contributed by atoms with Gasteiger partial charge in [-0.25, -0.2) is 8.42 Å². The lowest BCUT2D eigenvalue weighted by molar-refractivity contribution is -0.140. The Labute approximate surface area is 248 Å². The van der Waals surface area contributed by atoms with Crippen molar-refractivity contribution in [2.24, 2.45) is 0 Å². The number of hydrogen-bond donors (Lipinski definition) is 1. The standard InChI is InChI=1S/C31H38ClN3O5S/c1-21-12-15-26(16-13-21)41(38,39)35(25-14-17-28(40-7)27(32)18-25)20-29(36)34(19-24-11-9-8-10-22(24)2)23(3)30(37)33-31(4,5)6/h8-18,23H,19-20H2,1-7H3,(H,33,37)/t23-/m0/s1. The molecule has 0 aliphatic carbocycles. The van der Waals surface area contributed by atoms with Crippen LogP contribution in [0.4, 0.5) is 5.69 Å². The first-order chi connectivity index (χ1) is 19.1. The summed E-state index contributed by atoms with van der Waals surface area (Å²) in [6.07, 6.45) is 0. The Hall–Kier alpha value is -3.56. The molecule has 10 heteroatoms. The molecule has 0 saturated heterocycles. The summed E-state index contributed by atoms with van der Waals surface area (Å²) in [5.41, 5.74) is 2.34. The molecular weight excluding hydrogens is 562 g/mol. The monoisotopic (exact) mass is 599 g/mol. The summed E-state index contributed by atoms with van der Waals surface area (Å²) in [4.78, 5) is 28.7. The SMILES string of the molecule is COc1ccc(N(CC(=O)N(Cc2ccccc2C)[C@@H](C)C(=O)NC(C)(C)C)S(=O)(=O)c2ccc(C)cc2)cc1Cl. The molecule has 220 valence electrons. The van der Waals surface area contributed by atoms with Crippen molar-refractivity contribution in [1.29, 1.82) is 0 Å². The molecule has 2 amide bonds. The molecule has 0 unspecified atom stereocenters. The molecule has 3 rings (SSSR count). The van der Waals surface area contributed by atoms with E-state index >= 15 is 0 Å². The molecule has 1 atom stereocenters. The van der Waals surface area contributed by atoms with E-state index in [0.29, 0.717) is 5.75 Å². The lowest BCUT2D eigenvalue weighted by Gasteiger charge is -2.34. The lowest BCUT2D eigenvalue weighted by atomic mass is 10.1. The van der Waals surface area contributed by atoms with E-state index in [-0.39, 0.29) is 28.1 Å². The van der Waals surface area contributed by atoms with Gasteiger partial charge < -0.3 is 15.0 Å². The number of amides is 2. The van der Waals surface area contributed by atoms with E-state index in [1.165, 1.54) is 36.3 Å². The Balaban J connectivity index is 2.09. The predicted molar refractivity (Wildman–Crippen MR) is 163 cm³/mol. The van der Waals surface area contributed by atoms with Crippen LogP contribution >= 0.6 is 11.6 Å². The number of hydrogen-bond acceptors (Lipinski definition) is 5. The molecular formula is C31H38ClN3O5S. The van der Waals surface area contributed by atoms with Gasteiger partial charge >= 0.3 is 0 Å². The van der Waals surface area contributed by atoms with Crippen LogP contribution in [0, 0.1) is 13.8 Å². The zero-order valence-corrected chi connectivity index (χ0v) is 26.1. The average molecular weight is 600 g/mol. The minimum Gasteiger partial charge on any atom is -0.495 e.